The van der Waals surface area contributed by atoms with Gasteiger partial charge in [0, 0.05) is 23.7 Å². The molecule has 3 atom stereocenters. The fourth-order valence-corrected chi connectivity index (χ4v) is 3.42. The first-order valence-corrected chi connectivity index (χ1v) is 9.15. The first kappa shape index (κ1) is 19.9. The molecule has 0 spiro atoms. The van der Waals surface area contributed by atoms with Gasteiger partial charge in [0.1, 0.15) is 6.04 Å². The first-order valence-electron chi connectivity index (χ1n) is 9.15. The number of carbonyl (C=O) groups excluding carboxylic acids is 2. The molecule has 1 fully saturated rings. The number of nitro groups is 1. The zero-order valence-electron chi connectivity index (χ0n) is 15.5. The maximum atomic E-state index is 12.6. The Morgan fingerprint density at radius 1 is 1.23 bits per heavy atom. The summed E-state index contributed by atoms with van der Waals surface area (Å²) in [5.74, 6) is -0.286. The second-order valence-corrected chi connectivity index (χ2v) is 7.40. The molecule has 0 aromatic heterocycles. The van der Waals surface area contributed by atoms with E-state index in [1.165, 1.54) is 18.2 Å². The lowest BCUT2D eigenvalue weighted by molar-refractivity contribution is -0.384. The van der Waals surface area contributed by atoms with Gasteiger partial charge < -0.3 is 10.6 Å². The molecule has 2 N–H and O–H groups in total. The molecule has 0 aliphatic heterocycles. The van der Waals surface area contributed by atoms with Gasteiger partial charge in [-0.05, 0) is 30.7 Å². The van der Waals surface area contributed by atoms with Crippen LogP contribution >= 0.6 is 0 Å². The Bertz CT molecular complexity index is 675. The number of rotatable bonds is 6. The molecule has 7 heteroatoms. The lowest BCUT2D eigenvalue weighted by Crippen LogP contribution is -2.50. The van der Waals surface area contributed by atoms with Crippen molar-refractivity contribution in [3.8, 4) is 0 Å². The van der Waals surface area contributed by atoms with Gasteiger partial charge in [0.2, 0.25) is 11.8 Å². The van der Waals surface area contributed by atoms with Crippen LogP contribution in [-0.2, 0) is 9.59 Å². The van der Waals surface area contributed by atoms with Crippen LogP contribution in [0.25, 0.3) is 0 Å². The molecule has 1 saturated carbocycles. The summed E-state index contributed by atoms with van der Waals surface area (Å²) in [7, 11) is 0. The van der Waals surface area contributed by atoms with E-state index in [2.05, 4.69) is 17.6 Å². The van der Waals surface area contributed by atoms with Crippen molar-refractivity contribution in [2.75, 3.05) is 5.32 Å². The first-order chi connectivity index (χ1) is 12.3. The summed E-state index contributed by atoms with van der Waals surface area (Å²) in [6.07, 6.45) is 4.06. The van der Waals surface area contributed by atoms with Gasteiger partial charge in [-0.1, -0.05) is 39.7 Å². The molecule has 2 rings (SSSR count). The number of nitrogens with zero attached hydrogens (tertiary/aromatic N) is 1. The third-order valence-corrected chi connectivity index (χ3v) is 5.02. The minimum atomic E-state index is -0.684. The maximum absolute atomic E-state index is 12.6. The second kappa shape index (κ2) is 8.78. The molecule has 142 valence electrons. The summed E-state index contributed by atoms with van der Waals surface area (Å²) in [6.45, 7) is 5.81. The Balaban J connectivity index is 2.06. The minimum Gasteiger partial charge on any atom is -0.344 e. The van der Waals surface area contributed by atoms with Crippen molar-refractivity contribution in [3.05, 3.63) is 34.4 Å². The number of hydrogen-bond donors (Lipinski definition) is 2. The average molecular weight is 361 g/mol. The number of hydrogen-bond acceptors (Lipinski definition) is 4. The van der Waals surface area contributed by atoms with Gasteiger partial charge in [0.25, 0.3) is 5.69 Å². The molecule has 0 heterocycles. The fourth-order valence-electron chi connectivity index (χ4n) is 3.42. The van der Waals surface area contributed by atoms with Crippen molar-refractivity contribution in [1.82, 2.24) is 5.32 Å². The zero-order chi connectivity index (χ0) is 19.3. The Morgan fingerprint density at radius 3 is 2.54 bits per heavy atom. The highest BCUT2D eigenvalue weighted by Crippen LogP contribution is 2.30. The average Bonchev–Trinajstić information content (AvgIpc) is 2.59. The van der Waals surface area contributed by atoms with Crippen LogP contribution in [0.15, 0.2) is 24.3 Å². The molecule has 0 radical (unpaired) electrons. The van der Waals surface area contributed by atoms with Gasteiger partial charge in [-0.3, -0.25) is 19.7 Å². The predicted octanol–water partition coefficient (Wildman–Crippen LogP) is 3.50. The van der Waals surface area contributed by atoms with Crippen LogP contribution in [0, 0.1) is 27.9 Å². The van der Waals surface area contributed by atoms with E-state index in [0.29, 0.717) is 11.6 Å². The predicted molar refractivity (Wildman–Crippen MR) is 99.6 cm³/mol. The van der Waals surface area contributed by atoms with E-state index in [0.717, 1.165) is 25.7 Å². The largest absolute Gasteiger partial charge is 0.344 e. The molecule has 0 bridgehead atoms. The van der Waals surface area contributed by atoms with Crippen LogP contribution in [0.2, 0.25) is 0 Å². The minimum absolute atomic E-state index is 0.0596. The number of benzene rings is 1. The summed E-state index contributed by atoms with van der Waals surface area (Å²) in [5.41, 5.74) is 0.249. The SMILES string of the molecule is CC(C)[C@H](NC(=O)[C@@H]1CCCC[C@@H]1C)C(=O)Nc1cccc([N+](=O)[O-])c1. The number of non-ortho nitro benzene ring substituents is 1. The number of amides is 2. The number of anilines is 1. The Kier molecular flexibility index (Phi) is 6.71. The van der Waals surface area contributed by atoms with Crippen molar-refractivity contribution < 1.29 is 14.5 Å². The van der Waals surface area contributed by atoms with Crippen LogP contribution in [0.3, 0.4) is 0 Å². The number of nitro benzene ring substituents is 1. The van der Waals surface area contributed by atoms with Gasteiger partial charge in [-0.2, -0.15) is 0 Å². The molecule has 2 amide bonds. The van der Waals surface area contributed by atoms with Crippen LogP contribution < -0.4 is 10.6 Å². The summed E-state index contributed by atoms with van der Waals surface area (Å²) >= 11 is 0. The smallest absolute Gasteiger partial charge is 0.271 e. The third-order valence-electron chi connectivity index (χ3n) is 5.02. The lowest BCUT2D eigenvalue weighted by Gasteiger charge is -2.30. The highest BCUT2D eigenvalue weighted by Gasteiger charge is 2.32. The fraction of sp³-hybridized carbons (Fsp3) is 0.579. The summed E-state index contributed by atoms with van der Waals surface area (Å²) in [4.78, 5) is 35.6. The van der Waals surface area contributed by atoms with E-state index in [1.54, 1.807) is 6.07 Å². The van der Waals surface area contributed by atoms with Gasteiger partial charge in [0.05, 0.1) is 4.92 Å². The quantitative estimate of drug-likeness (QED) is 0.598. The number of carbonyl (C=O) groups is 2. The molecule has 0 unspecified atom stereocenters. The standard InChI is InChI=1S/C19H27N3O4/c1-12(2)17(21-18(23)16-10-5-4-7-13(16)3)19(24)20-14-8-6-9-15(11-14)22(25)26/h6,8-9,11-13,16-17H,4-5,7,10H2,1-3H3,(H,20,24)(H,21,23)/t13-,16+,17-/m0/s1. The van der Waals surface area contributed by atoms with Crippen LogP contribution in [-0.4, -0.2) is 22.8 Å². The molecular weight excluding hydrogens is 334 g/mol. The van der Waals surface area contributed by atoms with Crippen LogP contribution in [0.5, 0.6) is 0 Å². The van der Waals surface area contributed by atoms with E-state index < -0.39 is 11.0 Å². The molecular formula is C19H27N3O4. The van der Waals surface area contributed by atoms with Gasteiger partial charge in [0.15, 0.2) is 0 Å². The molecule has 0 saturated heterocycles. The third kappa shape index (κ3) is 5.03. The highest BCUT2D eigenvalue weighted by atomic mass is 16.6. The summed E-state index contributed by atoms with van der Waals surface area (Å²) in [6, 6.07) is 5.09. The zero-order valence-corrected chi connectivity index (χ0v) is 15.5. The highest BCUT2D eigenvalue weighted by molar-refractivity contribution is 5.97. The molecule has 1 aliphatic rings. The van der Waals surface area contributed by atoms with Gasteiger partial charge in [-0.25, -0.2) is 0 Å². The maximum Gasteiger partial charge on any atom is 0.271 e. The van der Waals surface area contributed by atoms with E-state index in [-0.39, 0.29) is 29.3 Å². The molecule has 1 aliphatic carbocycles. The second-order valence-electron chi connectivity index (χ2n) is 7.40. The van der Waals surface area contributed by atoms with Crippen molar-refractivity contribution in [3.63, 3.8) is 0 Å². The van der Waals surface area contributed by atoms with E-state index in [4.69, 9.17) is 0 Å². The Morgan fingerprint density at radius 2 is 1.92 bits per heavy atom. The Labute approximate surface area is 153 Å². The normalized spacial score (nSPS) is 21.1. The molecule has 26 heavy (non-hydrogen) atoms. The van der Waals surface area contributed by atoms with Crippen LogP contribution in [0.4, 0.5) is 11.4 Å². The molecule has 1 aromatic carbocycles. The van der Waals surface area contributed by atoms with E-state index in [9.17, 15) is 19.7 Å². The van der Waals surface area contributed by atoms with E-state index in [1.807, 2.05) is 13.8 Å². The summed E-state index contributed by atoms with van der Waals surface area (Å²) in [5, 5.41) is 16.4. The van der Waals surface area contributed by atoms with Crippen molar-refractivity contribution in [1.29, 1.82) is 0 Å². The topological polar surface area (TPSA) is 101 Å². The monoisotopic (exact) mass is 361 g/mol. The molecule has 7 nitrogen and oxygen atoms in total. The summed E-state index contributed by atoms with van der Waals surface area (Å²) < 4.78 is 0. The van der Waals surface area contributed by atoms with Crippen molar-refractivity contribution in [2.45, 2.75) is 52.5 Å². The number of nitrogens with one attached hydrogen (secondary N) is 2. The molecule has 1 aromatic rings. The van der Waals surface area contributed by atoms with Gasteiger partial charge >= 0.3 is 0 Å². The van der Waals surface area contributed by atoms with Crippen LogP contribution in [0.1, 0.15) is 46.5 Å². The lowest BCUT2D eigenvalue weighted by atomic mass is 9.79. The van der Waals surface area contributed by atoms with Gasteiger partial charge in [-0.15, -0.1) is 0 Å². The Hall–Kier alpha value is -2.44. The van der Waals surface area contributed by atoms with Crippen molar-refractivity contribution >= 4 is 23.2 Å². The van der Waals surface area contributed by atoms with Crippen molar-refractivity contribution in [2.24, 2.45) is 17.8 Å². The van der Waals surface area contributed by atoms with E-state index >= 15 is 0 Å².